The van der Waals surface area contributed by atoms with Crippen LogP contribution in [0.5, 0.6) is 0 Å². The standard InChI is InChI=1S/C15H22N2/c1-12(2)8-13(3)17(4)11-15-7-5-6-14(9-15)10-16/h5-7,9,12-13H,8,11H2,1-4H3. The van der Waals surface area contributed by atoms with Gasteiger partial charge in [-0.1, -0.05) is 26.0 Å². The van der Waals surface area contributed by atoms with Gasteiger partial charge in [0.15, 0.2) is 0 Å². The van der Waals surface area contributed by atoms with Crippen LogP contribution in [-0.2, 0) is 6.54 Å². The highest BCUT2D eigenvalue weighted by atomic mass is 15.1. The number of hydrogen-bond acceptors (Lipinski definition) is 2. The fraction of sp³-hybridized carbons (Fsp3) is 0.533. The van der Waals surface area contributed by atoms with E-state index in [1.165, 1.54) is 12.0 Å². The third-order valence-corrected chi connectivity index (χ3v) is 3.05. The molecule has 0 bridgehead atoms. The van der Waals surface area contributed by atoms with Gasteiger partial charge >= 0.3 is 0 Å². The Morgan fingerprint density at radius 3 is 2.59 bits per heavy atom. The molecule has 0 aliphatic carbocycles. The molecule has 0 N–H and O–H groups in total. The molecule has 1 aromatic rings. The van der Waals surface area contributed by atoms with Crippen molar-refractivity contribution in [1.29, 1.82) is 5.26 Å². The highest BCUT2D eigenvalue weighted by Crippen LogP contribution is 2.13. The Morgan fingerprint density at radius 2 is 2.00 bits per heavy atom. The molecule has 0 amide bonds. The summed E-state index contributed by atoms with van der Waals surface area (Å²) in [5, 5.41) is 8.86. The SMILES string of the molecule is CC(C)CC(C)N(C)Cc1cccc(C#N)c1. The van der Waals surface area contributed by atoms with Crippen molar-refractivity contribution in [2.75, 3.05) is 7.05 Å². The van der Waals surface area contributed by atoms with Gasteiger partial charge in [-0.15, -0.1) is 0 Å². The van der Waals surface area contributed by atoms with Gasteiger partial charge in [-0.2, -0.15) is 5.26 Å². The van der Waals surface area contributed by atoms with Gasteiger partial charge in [-0.05, 0) is 44.0 Å². The van der Waals surface area contributed by atoms with Crippen LogP contribution >= 0.6 is 0 Å². The molecule has 0 saturated carbocycles. The summed E-state index contributed by atoms with van der Waals surface area (Å²) < 4.78 is 0. The van der Waals surface area contributed by atoms with Crippen molar-refractivity contribution in [3.8, 4) is 6.07 Å². The maximum atomic E-state index is 8.86. The molecular weight excluding hydrogens is 208 g/mol. The molecule has 0 aliphatic rings. The second-order valence-electron chi connectivity index (χ2n) is 5.21. The lowest BCUT2D eigenvalue weighted by Gasteiger charge is -2.26. The fourth-order valence-electron chi connectivity index (χ4n) is 2.05. The van der Waals surface area contributed by atoms with Gasteiger partial charge in [-0.25, -0.2) is 0 Å². The van der Waals surface area contributed by atoms with Crippen molar-refractivity contribution in [3.05, 3.63) is 35.4 Å². The van der Waals surface area contributed by atoms with E-state index >= 15 is 0 Å². The molecular formula is C15H22N2. The Bertz CT molecular complexity index is 390. The van der Waals surface area contributed by atoms with Crippen molar-refractivity contribution in [2.45, 2.75) is 39.8 Å². The van der Waals surface area contributed by atoms with Crippen molar-refractivity contribution in [3.63, 3.8) is 0 Å². The molecule has 2 nitrogen and oxygen atoms in total. The van der Waals surface area contributed by atoms with Crippen LogP contribution in [-0.4, -0.2) is 18.0 Å². The summed E-state index contributed by atoms with van der Waals surface area (Å²) in [5.41, 5.74) is 1.95. The molecule has 1 atom stereocenters. The molecule has 0 fully saturated rings. The van der Waals surface area contributed by atoms with E-state index in [0.29, 0.717) is 6.04 Å². The van der Waals surface area contributed by atoms with Gasteiger partial charge in [0.1, 0.15) is 0 Å². The molecule has 2 heteroatoms. The monoisotopic (exact) mass is 230 g/mol. The minimum absolute atomic E-state index is 0.570. The third kappa shape index (κ3) is 4.58. The Morgan fingerprint density at radius 1 is 1.29 bits per heavy atom. The molecule has 1 unspecified atom stereocenters. The second-order valence-corrected chi connectivity index (χ2v) is 5.21. The maximum Gasteiger partial charge on any atom is 0.0991 e. The highest BCUT2D eigenvalue weighted by molar-refractivity contribution is 5.32. The summed E-state index contributed by atoms with van der Waals surface area (Å²) in [7, 11) is 2.14. The molecule has 0 aliphatic heterocycles. The van der Waals surface area contributed by atoms with Gasteiger partial charge < -0.3 is 0 Å². The average molecular weight is 230 g/mol. The fourth-order valence-corrected chi connectivity index (χ4v) is 2.05. The van der Waals surface area contributed by atoms with Crippen LogP contribution in [0, 0.1) is 17.2 Å². The van der Waals surface area contributed by atoms with Crippen LogP contribution < -0.4 is 0 Å². The highest BCUT2D eigenvalue weighted by Gasteiger charge is 2.11. The Labute approximate surface area is 105 Å². The summed E-state index contributed by atoms with van der Waals surface area (Å²) in [6.07, 6.45) is 1.20. The summed E-state index contributed by atoms with van der Waals surface area (Å²) >= 11 is 0. The molecule has 92 valence electrons. The van der Waals surface area contributed by atoms with E-state index < -0.39 is 0 Å². The van der Waals surface area contributed by atoms with Gasteiger partial charge in [0.25, 0.3) is 0 Å². The topological polar surface area (TPSA) is 27.0 Å². The summed E-state index contributed by atoms with van der Waals surface area (Å²) in [5.74, 6) is 0.720. The quantitative estimate of drug-likeness (QED) is 0.775. The van der Waals surface area contributed by atoms with E-state index in [4.69, 9.17) is 5.26 Å². The first kappa shape index (κ1) is 13.7. The van der Waals surface area contributed by atoms with Crippen LogP contribution in [0.4, 0.5) is 0 Å². The first-order valence-electron chi connectivity index (χ1n) is 6.22. The van der Waals surface area contributed by atoms with Crippen LogP contribution in [0.25, 0.3) is 0 Å². The van der Waals surface area contributed by atoms with Crippen molar-refractivity contribution >= 4 is 0 Å². The van der Waals surface area contributed by atoms with Crippen LogP contribution in [0.15, 0.2) is 24.3 Å². The molecule has 0 radical (unpaired) electrons. The molecule has 17 heavy (non-hydrogen) atoms. The number of benzene rings is 1. The van der Waals surface area contributed by atoms with E-state index in [1.807, 2.05) is 18.2 Å². The Kier molecular flexibility index (Phi) is 5.18. The van der Waals surface area contributed by atoms with E-state index in [1.54, 1.807) is 0 Å². The van der Waals surface area contributed by atoms with Crippen molar-refractivity contribution in [1.82, 2.24) is 4.90 Å². The predicted octanol–water partition coefficient (Wildman–Crippen LogP) is 3.42. The van der Waals surface area contributed by atoms with Crippen LogP contribution in [0.2, 0.25) is 0 Å². The molecule has 1 rings (SSSR count). The van der Waals surface area contributed by atoms with Gasteiger partial charge in [-0.3, -0.25) is 4.90 Å². The number of nitriles is 1. The van der Waals surface area contributed by atoms with Gasteiger partial charge in [0.2, 0.25) is 0 Å². The normalized spacial score (nSPS) is 12.8. The minimum atomic E-state index is 0.570. The van der Waals surface area contributed by atoms with E-state index in [2.05, 4.69) is 44.9 Å². The number of nitrogens with zero attached hydrogens (tertiary/aromatic N) is 2. The van der Waals surface area contributed by atoms with E-state index in [0.717, 1.165) is 18.0 Å². The molecule has 0 spiro atoms. The van der Waals surface area contributed by atoms with Gasteiger partial charge in [0, 0.05) is 12.6 Å². The van der Waals surface area contributed by atoms with E-state index in [9.17, 15) is 0 Å². The average Bonchev–Trinajstić information content (AvgIpc) is 2.28. The second kappa shape index (κ2) is 6.42. The largest absolute Gasteiger partial charge is 0.299 e. The van der Waals surface area contributed by atoms with E-state index in [-0.39, 0.29) is 0 Å². The van der Waals surface area contributed by atoms with Crippen molar-refractivity contribution in [2.24, 2.45) is 5.92 Å². The third-order valence-electron chi connectivity index (χ3n) is 3.05. The first-order valence-corrected chi connectivity index (χ1v) is 6.22. The lowest BCUT2D eigenvalue weighted by Crippen LogP contribution is -2.29. The van der Waals surface area contributed by atoms with Crippen LogP contribution in [0.3, 0.4) is 0 Å². The molecule has 0 aromatic heterocycles. The number of rotatable bonds is 5. The first-order chi connectivity index (χ1) is 8.02. The van der Waals surface area contributed by atoms with Crippen molar-refractivity contribution < 1.29 is 0 Å². The zero-order chi connectivity index (χ0) is 12.8. The summed E-state index contributed by atoms with van der Waals surface area (Å²) in [6.45, 7) is 7.67. The number of hydrogen-bond donors (Lipinski definition) is 0. The lowest BCUT2D eigenvalue weighted by atomic mass is 10.0. The maximum absolute atomic E-state index is 8.86. The smallest absolute Gasteiger partial charge is 0.0991 e. The minimum Gasteiger partial charge on any atom is -0.299 e. The Balaban J connectivity index is 2.61. The lowest BCUT2D eigenvalue weighted by molar-refractivity contribution is 0.220. The molecule has 0 saturated heterocycles. The predicted molar refractivity (Wildman–Crippen MR) is 71.5 cm³/mol. The summed E-state index contributed by atoms with van der Waals surface area (Å²) in [6, 6.07) is 10.6. The van der Waals surface area contributed by atoms with Gasteiger partial charge in [0.05, 0.1) is 11.6 Å². The Hall–Kier alpha value is -1.33. The molecule has 1 aromatic carbocycles. The molecule has 0 heterocycles. The summed E-state index contributed by atoms with van der Waals surface area (Å²) in [4.78, 5) is 2.34. The van der Waals surface area contributed by atoms with Crippen LogP contribution in [0.1, 0.15) is 38.3 Å². The zero-order valence-electron chi connectivity index (χ0n) is 11.3. The zero-order valence-corrected chi connectivity index (χ0v) is 11.3.